The number of phenols is 1. The minimum Gasteiger partial charge on any atom is -0.507 e. The summed E-state index contributed by atoms with van der Waals surface area (Å²) >= 11 is 0. The van der Waals surface area contributed by atoms with Crippen LogP contribution in [0, 0.1) is 0 Å². The van der Waals surface area contributed by atoms with Crippen molar-refractivity contribution < 1.29 is 14.7 Å². The Balaban J connectivity index is 1.72. The smallest absolute Gasteiger partial charge is 0.258 e. The molecule has 1 aromatic heterocycles. The van der Waals surface area contributed by atoms with E-state index >= 15 is 0 Å². The summed E-state index contributed by atoms with van der Waals surface area (Å²) in [6.07, 6.45) is 0.325. The predicted molar refractivity (Wildman–Crippen MR) is 92.4 cm³/mol. The van der Waals surface area contributed by atoms with Crippen molar-refractivity contribution >= 4 is 22.6 Å². The largest absolute Gasteiger partial charge is 0.507 e. The van der Waals surface area contributed by atoms with Gasteiger partial charge in [0.05, 0.1) is 11.1 Å². The molecule has 0 bridgehead atoms. The van der Waals surface area contributed by atoms with Crippen LogP contribution in [0.5, 0.6) is 5.75 Å². The van der Waals surface area contributed by atoms with Crippen LogP contribution in [0.15, 0.2) is 36.4 Å². The summed E-state index contributed by atoms with van der Waals surface area (Å²) in [5, 5.41) is 17.6. The summed E-state index contributed by atoms with van der Waals surface area (Å²) in [5.41, 5.74) is 3.25. The molecule has 3 aromatic rings. The van der Waals surface area contributed by atoms with Crippen LogP contribution in [0.3, 0.4) is 0 Å². The number of amides is 1. The summed E-state index contributed by atoms with van der Waals surface area (Å²) in [7, 11) is 0. The average Bonchev–Trinajstić information content (AvgIpc) is 3.23. The summed E-state index contributed by atoms with van der Waals surface area (Å²) in [5.74, 6) is -0.483. The number of carbonyl (C=O) groups excluding carboxylic acids is 2. The number of nitrogens with one attached hydrogen (secondary N) is 1. The highest BCUT2D eigenvalue weighted by atomic mass is 16.3. The van der Waals surface area contributed by atoms with Crippen molar-refractivity contribution in [3.8, 4) is 5.75 Å². The number of phenolic OH excluding ortho intramolecular Hbond substituents is 1. The van der Waals surface area contributed by atoms with E-state index in [0.29, 0.717) is 36.1 Å². The third-order valence-electron chi connectivity index (χ3n) is 4.62. The first-order chi connectivity index (χ1) is 12.1. The molecule has 4 rings (SSSR count). The molecular formula is C19H17N3O3. The maximum absolute atomic E-state index is 12.9. The van der Waals surface area contributed by atoms with Crippen LogP contribution in [0.2, 0.25) is 0 Å². The fourth-order valence-corrected chi connectivity index (χ4v) is 3.25. The van der Waals surface area contributed by atoms with Crippen LogP contribution in [0.25, 0.3) is 10.9 Å². The van der Waals surface area contributed by atoms with Crippen molar-refractivity contribution in [3.63, 3.8) is 0 Å². The minimum atomic E-state index is -0.258. The third kappa shape index (κ3) is 2.46. The lowest BCUT2D eigenvalue weighted by atomic mass is 10.1. The lowest BCUT2D eigenvalue weighted by Crippen LogP contribution is -2.25. The zero-order chi connectivity index (χ0) is 17.6. The number of benzene rings is 2. The Morgan fingerprint density at radius 2 is 1.88 bits per heavy atom. The fraction of sp³-hybridized carbons (Fsp3) is 0.211. The first kappa shape index (κ1) is 15.4. The van der Waals surface area contributed by atoms with Gasteiger partial charge in [-0.05, 0) is 17.2 Å². The molecule has 0 radical (unpaired) electrons. The van der Waals surface area contributed by atoms with Gasteiger partial charge in [-0.15, -0.1) is 0 Å². The van der Waals surface area contributed by atoms with Crippen LogP contribution in [0.4, 0.5) is 0 Å². The Bertz CT molecular complexity index is 981. The van der Waals surface area contributed by atoms with E-state index in [9.17, 15) is 14.7 Å². The number of aromatic nitrogens is 2. The second-order valence-electron chi connectivity index (χ2n) is 6.19. The number of rotatable bonds is 3. The van der Waals surface area contributed by atoms with E-state index in [1.54, 1.807) is 17.9 Å². The summed E-state index contributed by atoms with van der Waals surface area (Å²) in [6, 6.07) is 10.9. The van der Waals surface area contributed by atoms with Gasteiger partial charge in [0.1, 0.15) is 11.4 Å². The molecule has 126 valence electrons. The molecule has 1 aliphatic rings. The molecule has 1 aliphatic heterocycles. The van der Waals surface area contributed by atoms with Crippen molar-refractivity contribution in [1.82, 2.24) is 15.1 Å². The highest BCUT2D eigenvalue weighted by Crippen LogP contribution is 2.30. The monoisotopic (exact) mass is 335 g/mol. The molecule has 2 heterocycles. The number of hydrogen-bond donors (Lipinski definition) is 2. The van der Waals surface area contributed by atoms with Crippen molar-refractivity contribution in [2.75, 3.05) is 0 Å². The molecule has 6 heteroatoms. The number of nitrogens with zero attached hydrogens (tertiary/aromatic N) is 2. The Morgan fingerprint density at radius 1 is 1.20 bits per heavy atom. The SMILES string of the molecule is CCC(=O)c1n[nH]c2cc(O)c(C(=O)N3Cc4ccccc4C3)cc12. The second-order valence-corrected chi connectivity index (χ2v) is 6.19. The molecule has 0 atom stereocenters. The number of ketones is 1. The number of Topliss-reactive ketones (excluding diaryl/α,β-unsaturated/α-hetero) is 1. The van der Waals surface area contributed by atoms with Gasteiger partial charge in [0.2, 0.25) is 0 Å². The normalized spacial score (nSPS) is 13.2. The zero-order valence-electron chi connectivity index (χ0n) is 13.7. The zero-order valence-corrected chi connectivity index (χ0v) is 13.7. The molecule has 2 aromatic carbocycles. The molecule has 1 amide bonds. The van der Waals surface area contributed by atoms with E-state index in [2.05, 4.69) is 10.2 Å². The Kier molecular flexibility index (Phi) is 3.53. The van der Waals surface area contributed by atoms with E-state index in [4.69, 9.17) is 0 Å². The van der Waals surface area contributed by atoms with Crippen molar-refractivity contribution in [1.29, 1.82) is 0 Å². The second kappa shape index (κ2) is 5.73. The van der Waals surface area contributed by atoms with Gasteiger partial charge in [0.25, 0.3) is 5.91 Å². The maximum atomic E-state index is 12.9. The standard InChI is InChI=1S/C19H17N3O3/c1-2-16(23)18-13-7-14(17(24)8-15(13)20-21-18)19(25)22-9-11-5-3-4-6-12(11)10-22/h3-8,24H,2,9-10H2,1H3,(H,20,21). The lowest BCUT2D eigenvalue weighted by Gasteiger charge is -2.16. The molecule has 0 fully saturated rings. The Morgan fingerprint density at radius 3 is 2.52 bits per heavy atom. The molecule has 0 spiro atoms. The third-order valence-corrected chi connectivity index (χ3v) is 4.62. The quantitative estimate of drug-likeness (QED) is 0.720. The van der Waals surface area contributed by atoms with E-state index < -0.39 is 0 Å². The first-order valence-corrected chi connectivity index (χ1v) is 8.18. The number of aromatic amines is 1. The van der Waals surface area contributed by atoms with Gasteiger partial charge >= 0.3 is 0 Å². The van der Waals surface area contributed by atoms with Gasteiger partial charge in [0.15, 0.2) is 5.78 Å². The minimum absolute atomic E-state index is 0.107. The van der Waals surface area contributed by atoms with Gasteiger partial charge in [-0.1, -0.05) is 31.2 Å². The van der Waals surface area contributed by atoms with Gasteiger partial charge in [-0.3, -0.25) is 14.7 Å². The van der Waals surface area contributed by atoms with Crippen LogP contribution in [-0.2, 0) is 13.1 Å². The topological polar surface area (TPSA) is 86.3 Å². The molecule has 0 aliphatic carbocycles. The van der Waals surface area contributed by atoms with Crippen LogP contribution >= 0.6 is 0 Å². The van der Waals surface area contributed by atoms with Gasteiger partial charge in [0, 0.05) is 31.0 Å². The van der Waals surface area contributed by atoms with Crippen molar-refractivity contribution in [2.45, 2.75) is 26.4 Å². The highest BCUT2D eigenvalue weighted by Gasteiger charge is 2.27. The molecule has 0 saturated carbocycles. The van der Waals surface area contributed by atoms with E-state index in [1.165, 1.54) is 6.07 Å². The number of fused-ring (bicyclic) bond motifs is 2. The van der Waals surface area contributed by atoms with E-state index in [1.807, 2.05) is 24.3 Å². The van der Waals surface area contributed by atoms with Gasteiger partial charge < -0.3 is 10.0 Å². The number of aromatic hydroxyl groups is 1. The molecule has 0 unspecified atom stereocenters. The van der Waals surface area contributed by atoms with Gasteiger partial charge in [-0.2, -0.15) is 5.10 Å². The maximum Gasteiger partial charge on any atom is 0.258 e. The molecule has 0 saturated heterocycles. The number of hydrogen-bond acceptors (Lipinski definition) is 4. The fourth-order valence-electron chi connectivity index (χ4n) is 3.25. The van der Waals surface area contributed by atoms with E-state index in [0.717, 1.165) is 11.1 Å². The molecule has 25 heavy (non-hydrogen) atoms. The molecule has 2 N–H and O–H groups in total. The summed E-state index contributed by atoms with van der Waals surface area (Å²) < 4.78 is 0. The van der Waals surface area contributed by atoms with Crippen LogP contribution in [-0.4, -0.2) is 31.9 Å². The van der Waals surface area contributed by atoms with Crippen LogP contribution < -0.4 is 0 Å². The van der Waals surface area contributed by atoms with Crippen molar-refractivity contribution in [2.24, 2.45) is 0 Å². The van der Waals surface area contributed by atoms with Gasteiger partial charge in [-0.25, -0.2) is 0 Å². The predicted octanol–water partition coefficient (Wildman–Crippen LogP) is 3.02. The Labute approximate surface area is 144 Å². The highest BCUT2D eigenvalue weighted by molar-refractivity contribution is 6.09. The lowest BCUT2D eigenvalue weighted by molar-refractivity contribution is 0.0748. The Hall–Kier alpha value is -3.15. The first-order valence-electron chi connectivity index (χ1n) is 8.18. The summed E-state index contributed by atoms with van der Waals surface area (Å²) in [4.78, 5) is 26.6. The van der Waals surface area contributed by atoms with Crippen LogP contribution in [0.1, 0.15) is 45.3 Å². The van der Waals surface area contributed by atoms with E-state index in [-0.39, 0.29) is 23.0 Å². The average molecular weight is 335 g/mol. The molecule has 6 nitrogen and oxygen atoms in total. The number of carbonyl (C=O) groups is 2. The summed E-state index contributed by atoms with van der Waals surface area (Å²) in [6.45, 7) is 2.79. The number of H-pyrrole nitrogens is 1. The molecular weight excluding hydrogens is 318 g/mol. The van der Waals surface area contributed by atoms with Crippen molar-refractivity contribution in [3.05, 3.63) is 58.8 Å².